The van der Waals surface area contributed by atoms with Crippen LogP contribution in [0.3, 0.4) is 0 Å². The lowest BCUT2D eigenvalue weighted by Crippen LogP contribution is -2.39. The van der Waals surface area contributed by atoms with Gasteiger partial charge in [0.2, 0.25) is 0 Å². The van der Waals surface area contributed by atoms with E-state index in [1.807, 2.05) is 24.1 Å². The highest BCUT2D eigenvalue weighted by Crippen LogP contribution is 2.23. The molecule has 2 heterocycles. The Balaban J connectivity index is 1.42. The van der Waals surface area contributed by atoms with Gasteiger partial charge in [0.1, 0.15) is 0 Å². The van der Waals surface area contributed by atoms with Crippen LogP contribution in [0.2, 0.25) is 4.34 Å². The Hall–Kier alpha value is -2.38. The molecular formula is C20H23ClN4O2S. The molecule has 2 amide bonds. The Morgan fingerprint density at radius 3 is 2.39 bits per heavy atom. The monoisotopic (exact) mass is 418 g/mol. The van der Waals surface area contributed by atoms with Gasteiger partial charge in [-0.3, -0.25) is 19.5 Å². The molecular weight excluding hydrogens is 396 g/mol. The third-order valence-electron chi connectivity index (χ3n) is 4.57. The zero-order valence-electron chi connectivity index (χ0n) is 15.9. The highest BCUT2D eigenvalue weighted by molar-refractivity contribution is 7.16. The molecule has 0 saturated carbocycles. The van der Waals surface area contributed by atoms with Crippen LogP contribution < -0.4 is 5.32 Å². The first-order valence-electron chi connectivity index (χ1n) is 9.12. The van der Waals surface area contributed by atoms with Crippen molar-refractivity contribution in [2.75, 3.05) is 27.2 Å². The van der Waals surface area contributed by atoms with E-state index in [0.29, 0.717) is 24.2 Å². The molecule has 6 nitrogen and oxygen atoms in total. The molecule has 1 N–H and O–H groups in total. The van der Waals surface area contributed by atoms with Crippen LogP contribution in [0.1, 0.15) is 38.4 Å². The number of aliphatic imine (C=N–C) groups is 1. The largest absolute Gasteiger partial charge is 0.356 e. The van der Waals surface area contributed by atoms with Crippen molar-refractivity contribution in [3.05, 3.63) is 56.7 Å². The highest BCUT2D eigenvalue weighted by Gasteiger charge is 2.34. The number of imide groups is 1. The molecule has 0 radical (unpaired) electrons. The lowest BCUT2D eigenvalue weighted by molar-refractivity contribution is 0.0652. The number of carbonyl (C=O) groups is 2. The fourth-order valence-corrected chi connectivity index (χ4v) is 4.31. The number of halogens is 1. The van der Waals surface area contributed by atoms with Crippen LogP contribution in [0.5, 0.6) is 0 Å². The number of nitrogens with zero attached hydrogens (tertiary/aromatic N) is 3. The number of thiophene rings is 1. The SMILES string of the molecule is CN=C(NCCCCN1C(=O)c2ccccc2C1=O)N(C)Cc1ccc(Cl)s1. The van der Waals surface area contributed by atoms with E-state index in [4.69, 9.17) is 11.6 Å². The minimum absolute atomic E-state index is 0.196. The van der Waals surface area contributed by atoms with Crippen molar-refractivity contribution in [3.8, 4) is 0 Å². The molecule has 0 bridgehead atoms. The Morgan fingerprint density at radius 1 is 1.14 bits per heavy atom. The minimum atomic E-state index is -0.196. The third kappa shape index (κ3) is 4.54. The van der Waals surface area contributed by atoms with Gasteiger partial charge in [0.15, 0.2) is 5.96 Å². The summed E-state index contributed by atoms with van der Waals surface area (Å²) in [6.07, 6.45) is 1.56. The maximum absolute atomic E-state index is 12.3. The van der Waals surface area contributed by atoms with E-state index in [9.17, 15) is 9.59 Å². The van der Waals surface area contributed by atoms with Crippen LogP contribution in [0.4, 0.5) is 0 Å². The van der Waals surface area contributed by atoms with Crippen molar-refractivity contribution in [1.82, 2.24) is 15.1 Å². The molecule has 0 spiro atoms. The van der Waals surface area contributed by atoms with Crippen molar-refractivity contribution in [2.45, 2.75) is 19.4 Å². The summed E-state index contributed by atoms with van der Waals surface area (Å²) < 4.78 is 0.777. The maximum Gasteiger partial charge on any atom is 0.261 e. The van der Waals surface area contributed by atoms with Gasteiger partial charge in [-0.05, 0) is 37.1 Å². The minimum Gasteiger partial charge on any atom is -0.356 e. The molecule has 8 heteroatoms. The van der Waals surface area contributed by atoms with Gasteiger partial charge in [-0.25, -0.2) is 0 Å². The summed E-state index contributed by atoms with van der Waals surface area (Å²) in [7, 11) is 3.72. The van der Waals surface area contributed by atoms with E-state index >= 15 is 0 Å². The molecule has 1 aliphatic heterocycles. The molecule has 0 unspecified atom stereocenters. The lowest BCUT2D eigenvalue weighted by atomic mass is 10.1. The number of nitrogens with one attached hydrogen (secondary N) is 1. The average molecular weight is 419 g/mol. The van der Waals surface area contributed by atoms with E-state index in [2.05, 4.69) is 10.3 Å². The Bertz CT molecular complexity index is 861. The van der Waals surface area contributed by atoms with Crippen molar-refractivity contribution in [1.29, 1.82) is 0 Å². The van der Waals surface area contributed by atoms with E-state index in [1.165, 1.54) is 9.78 Å². The molecule has 3 rings (SSSR count). The Morgan fingerprint density at radius 2 is 1.82 bits per heavy atom. The van der Waals surface area contributed by atoms with Crippen LogP contribution >= 0.6 is 22.9 Å². The predicted octanol–water partition coefficient (Wildman–Crippen LogP) is 3.49. The zero-order valence-corrected chi connectivity index (χ0v) is 17.5. The number of hydrogen-bond acceptors (Lipinski definition) is 4. The molecule has 1 aromatic carbocycles. The number of guanidine groups is 1. The van der Waals surface area contributed by atoms with Gasteiger partial charge in [0.25, 0.3) is 11.8 Å². The van der Waals surface area contributed by atoms with Crippen LogP contribution in [-0.4, -0.2) is 54.8 Å². The molecule has 28 heavy (non-hydrogen) atoms. The second-order valence-corrected chi connectivity index (χ2v) is 8.35. The van der Waals surface area contributed by atoms with E-state index < -0.39 is 0 Å². The van der Waals surface area contributed by atoms with Crippen molar-refractivity contribution in [2.24, 2.45) is 4.99 Å². The smallest absolute Gasteiger partial charge is 0.261 e. The predicted molar refractivity (Wildman–Crippen MR) is 113 cm³/mol. The number of hydrogen-bond donors (Lipinski definition) is 1. The summed E-state index contributed by atoms with van der Waals surface area (Å²) in [6, 6.07) is 10.9. The number of rotatable bonds is 7. The van der Waals surface area contributed by atoms with Gasteiger partial charge in [0.05, 0.1) is 22.0 Å². The summed E-state index contributed by atoms with van der Waals surface area (Å²) in [5.74, 6) is 0.405. The molecule has 2 aromatic rings. The van der Waals surface area contributed by atoms with Gasteiger partial charge in [-0.2, -0.15) is 0 Å². The first kappa shape index (κ1) is 20.4. The number of fused-ring (bicyclic) bond motifs is 1. The van der Waals surface area contributed by atoms with E-state index in [-0.39, 0.29) is 11.8 Å². The molecule has 0 saturated heterocycles. The third-order valence-corrected chi connectivity index (χ3v) is 5.78. The second kappa shape index (κ2) is 9.21. The van der Waals surface area contributed by atoms with E-state index in [0.717, 1.165) is 29.7 Å². The molecule has 0 fully saturated rings. The number of amides is 2. The summed E-state index contributed by atoms with van der Waals surface area (Å²) in [4.78, 5) is 33.5. The number of carbonyl (C=O) groups excluding carboxylic acids is 2. The van der Waals surface area contributed by atoms with Gasteiger partial charge >= 0.3 is 0 Å². The van der Waals surface area contributed by atoms with Crippen molar-refractivity contribution in [3.63, 3.8) is 0 Å². The van der Waals surface area contributed by atoms with Gasteiger partial charge in [0, 0.05) is 32.1 Å². The van der Waals surface area contributed by atoms with Gasteiger partial charge in [-0.1, -0.05) is 23.7 Å². The lowest BCUT2D eigenvalue weighted by Gasteiger charge is -2.21. The van der Waals surface area contributed by atoms with Crippen molar-refractivity contribution < 1.29 is 9.59 Å². The first-order chi connectivity index (χ1) is 13.5. The molecule has 0 aliphatic carbocycles. The summed E-state index contributed by atoms with van der Waals surface area (Å²) in [5.41, 5.74) is 1.00. The first-order valence-corrected chi connectivity index (χ1v) is 10.3. The second-order valence-electron chi connectivity index (χ2n) is 6.55. The summed E-state index contributed by atoms with van der Waals surface area (Å²) in [6.45, 7) is 1.87. The number of benzene rings is 1. The highest BCUT2D eigenvalue weighted by atomic mass is 35.5. The summed E-state index contributed by atoms with van der Waals surface area (Å²) >= 11 is 7.54. The molecule has 148 valence electrons. The van der Waals surface area contributed by atoms with Crippen LogP contribution in [0.15, 0.2) is 41.4 Å². The summed E-state index contributed by atoms with van der Waals surface area (Å²) in [5, 5.41) is 3.32. The topological polar surface area (TPSA) is 65.0 Å². The van der Waals surface area contributed by atoms with E-state index in [1.54, 1.807) is 42.6 Å². The number of unbranched alkanes of at least 4 members (excludes halogenated alkanes) is 1. The standard InChI is InChI=1S/C20H23ClN4O2S/c1-22-20(24(2)13-14-9-10-17(21)28-14)23-11-5-6-12-25-18(26)15-7-3-4-8-16(15)19(25)27/h3-4,7-10H,5-6,11-13H2,1-2H3,(H,22,23). The average Bonchev–Trinajstić information content (AvgIpc) is 3.20. The quantitative estimate of drug-likeness (QED) is 0.323. The fraction of sp³-hybridized carbons (Fsp3) is 0.350. The Kier molecular flexibility index (Phi) is 6.70. The molecule has 1 aliphatic rings. The molecule has 1 aromatic heterocycles. The fourth-order valence-electron chi connectivity index (χ4n) is 3.17. The Labute approximate surface area is 173 Å². The van der Waals surface area contributed by atoms with Gasteiger partial charge < -0.3 is 10.2 Å². The van der Waals surface area contributed by atoms with Crippen LogP contribution in [0, 0.1) is 0 Å². The normalized spacial score (nSPS) is 13.8. The van der Waals surface area contributed by atoms with Gasteiger partial charge in [-0.15, -0.1) is 11.3 Å². The zero-order chi connectivity index (χ0) is 20.1. The van der Waals surface area contributed by atoms with Crippen LogP contribution in [0.25, 0.3) is 0 Å². The molecule has 0 atom stereocenters. The van der Waals surface area contributed by atoms with Crippen LogP contribution in [-0.2, 0) is 6.54 Å². The maximum atomic E-state index is 12.3. The van der Waals surface area contributed by atoms with Crippen molar-refractivity contribution >= 4 is 40.7 Å².